The smallest absolute Gasteiger partial charge is 0.226 e. The molecule has 7 nitrogen and oxygen atoms in total. The summed E-state index contributed by atoms with van der Waals surface area (Å²) >= 11 is 1.21. The lowest BCUT2D eigenvalue weighted by Crippen LogP contribution is -2.66. The number of anilines is 1. The van der Waals surface area contributed by atoms with Crippen molar-refractivity contribution in [1.82, 2.24) is 10.3 Å². The number of carbonyl (C=O) groups is 2. The van der Waals surface area contributed by atoms with Crippen molar-refractivity contribution in [2.24, 2.45) is 11.1 Å². The van der Waals surface area contributed by atoms with E-state index in [2.05, 4.69) is 15.5 Å². The van der Waals surface area contributed by atoms with Crippen molar-refractivity contribution in [2.45, 2.75) is 25.8 Å². The summed E-state index contributed by atoms with van der Waals surface area (Å²) < 4.78 is 0. The molecule has 0 aromatic carbocycles. The molecule has 0 unspecified atom stereocenters. The molecule has 2 heterocycles. The molecule has 0 aliphatic carbocycles. The quantitative estimate of drug-likeness (QED) is 0.469. The van der Waals surface area contributed by atoms with Gasteiger partial charge in [-0.05, 0) is 13.8 Å². The van der Waals surface area contributed by atoms with Gasteiger partial charge in [-0.2, -0.15) is 0 Å². The SMILES string of the molecule is CO/N=C(\C(=O)C[C@@H]1C(=O)NC1(C)C)c1csc(N)n1. The molecule has 0 bridgehead atoms. The van der Waals surface area contributed by atoms with Gasteiger partial charge in [-0.15, -0.1) is 11.3 Å². The molecular weight excluding hydrogens is 280 g/mol. The van der Waals surface area contributed by atoms with Crippen molar-refractivity contribution in [3.63, 3.8) is 0 Å². The number of nitrogen functional groups attached to an aromatic ring is 1. The van der Waals surface area contributed by atoms with Crippen LogP contribution in [0, 0.1) is 5.92 Å². The van der Waals surface area contributed by atoms with Gasteiger partial charge in [0.2, 0.25) is 5.91 Å². The number of β-lactam (4-membered cyclic amide) rings is 1. The highest BCUT2D eigenvalue weighted by atomic mass is 32.1. The monoisotopic (exact) mass is 296 g/mol. The standard InChI is InChI=1S/C12H16N4O3S/c1-12(2)6(10(18)15-12)4-8(17)9(16-19-3)7-5-20-11(13)14-7/h5-6H,4H2,1-3H3,(H2,13,14)(H,15,18)/b16-9-/t6-/m1/s1. The second-order valence-electron chi connectivity index (χ2n) is 5.08. The van der Waals surface area contributed by atoms with Crippen LogP contribution in [0.3, 0.4) is 0 Å². The fraction of sp³-hybridized carbons (Fsp3) is 0.500. The van der Waals surface area contributed by atoms with E-state index in [0.717, 1.165) is 0 Å². The molecule has 1 amide bonds. The highest BCUT2D eigenvalue weighted by Crippen LogP contribution is 2.30. The van der Waals surface area contributed by atoms with Crippen LogP contribution >= 0.6 is 11.3 Å². The summed E-state index contributed by atoms with van der Waals surface area (Å²) in [4.78, 5) is 32.6. The zero-order valence-corrected chi connectivity index (χ0v) is 12.3. The van der Waals surface area contributed by atoms with E-state index >= 15 is 0 Å². The van der Waals surface area contributed by atoms with Crippen molar-refractivity contribution in [2.75, 3.05) is 12.8 Å². The number of carbonyl (C=O) groups excluding carboxylic acids is 2. The normalized spacial score (nSPS) is 21.1. The first kappa shape index (κ1) is 14.4. The maximum absolute atomic E-state index is 12.3. The van der Waals surface area contributed by atoms with Crippen LogP contribution in [0.2, 0.25) is 0 Å². The number of amides is 1. The molecule has 0 spiro atoms. The number of Topliss-reactive ketones (excluding diaryl/α,β-unsaturated/α-hetero) is 1. The molecule has 1 aromatic heterocycles. The van der Waals surface area contributed by atoms with Gasteiger partial charge in [0.15, 0.2) is 16.6 Å². The number of nitrogens with zero attached hydrogens (tertiary/aromatic N) is 2. The van der Waals surface area contributed by atoms with Gasteiger partial charge in [0.1, 0.15) is 12.8 Å². The minimum atomic E-state index is -0.383. The molecular formula is C12H16N4O3S. The number of nitrogens with one attached hydrogen (secondary N) is 1. The molecule has 1 saturated heterocycles. The highest BCUT2D eigenvalue weighted by Gasteiger charge is 2.47. The molecule has 0 radical (unpaired) electrons. The number of oxime groups is 1. The minimum absolute atomic E-state index is 0.0679. The largest absolute Gasteiger partial charge is 0.398 e. The van der Waals surface area contributed by atoms with Crippen LogP contribution in [-0.4, -0.2) is 35.0 Å². The summed E-state index contributed by atoms with van der Waals surface area (Å²) in [5.41, 5.74) is 5.64. The summed E-state index contributed by atoms with van der Waals surface area (Å²) in [6.45, 7) is 3.75. The second-order valence-corrected chi connectivity index (χ2v) is 5.97. The number of aromatic nitrogens is 1. The van der Waals surface area contributed by atoms with Crippen LogP contribution in [0.4, 0.5) is 5.13 Å². The maximum atomic E-state index is 12.3. The Morgan fingerprint density at radius 1 is 1.65 bits per heavy atom. The molecule has 2 rings (SSSR count). The van der Waals surface area contributed by atoms with Crippen molar-refractivity contribution in [3.05, 3.63) is 11.1 Å². The van der Waals surface area contributed by atoms with Crippen LogP contribution in [0.25, 0.3) is 0 Å². The van der Waals surface area contributed by atoms with Gasteiger partial charge in [0.05, 0.1) is 5.92 Å². The van der Waals surface area contributed by atoms with Gasteiger partial charge in [-0.3, -0.25) is 9.59 Å². The first-order valence-electron chi connectivity index (χ1n) is 6.03. The van der Waals surface area contributed by atoms with E-state index < -0.39 is 0 Å². The third-order valence-corrected chi connectivity index (χ3v) is 3.91. The number of hydrogen-bond acceptors (Lipinski definition) is 7. The van der Waals surface area contributed by atoms with Crippen LogP contribution in [0.1, 0.15) is 26.0 Å². The van der Waals surface area contributed by atoms with Gasteiger partial charge < -0.3 is 15.9 Å². The molecule has 0 saturated carbocycles. The Morgan fingerprint density at radius 2 is 2.35 bits per heavy atom. The maximum Gasteiger partial charge on any atom is 0.226 e. The van der Waals surface area contributed by atoms with Gasteiger partial charge in [-0.25, -0.2) is 4.98 Å². The Balaban J connectivity index is 2.17. The Hall–Kier alpha value is -1.96. The van der Waals surface area contributed by atoms with E-state index in [-0.39, 0.29) is 35.3 Å². The predicted octanol–water partition coefficient (Wildman–Crippen LogP) is 0.560. The average Bonchev–Trinajstić information content (AvgIpc) is 2.78. The molecule has 1 aromatic rings. The zero-order valence-electron chi connectivity index (χ0n) is 11.5. The first-order valence-corrected chi connectivity index (χ1v) is 6.91. The second kappa shape index (κ2) is 5.20. The molecule has 1 aliphatic rings. The number of ketones is 1. The van der Waals surface area contributed by atoms with Gasteiger partial charge in [-0.1, -0.05) is 5.16 Å². The van der Waals surface area contributed by atoms with E-state index in [9.17, 15) is 9.59 Å². The van der Waals surface area contributed by atoms with E-state index in [0.29, 0.717) is 10.8 Å². The van der Waals surface area contributed by atoms with Gasteiger partial charge in [0.25, 0.3) is 0 Å². The van der Waals surface area contributed by atoms with Crippen molar-refractivity contribution < 1.29 is 14.4 Å². The summed E-state index contributed by atoms with van der Waals surface area (Å²) in [6, 6.07) is 0. The Kier molecular flexibility index (Phi) is 3.76. The Bertz CT molecular complexity index is 579. The van der Waals surface area contributed by atoms with Crippen molar-refractivity contribution in [3.8, 4) is 0 Å². The third-order valence-electron chi connectivity index (χ3n) is 3.23. The molecule has 108 valence electrons. The zero-order chi connectivity index (χ0) is 14.9. The van der Waals surface area contributed by atoms with E-state index in [1.54, 1.807) is 5.38 Å². The average molecular weight is 296 g/mol. The lowest BCUT2D eigenvalue weighted by atomic mass is 9.75. The van der Waals surface area contributed by atoms with Crippen molar-refractivity contribution in [1.29, 1.82) is 0 Å². The van der Waals surface area contributed by atoms with Gasteiger partial charge in [0, 0.05) is 17.3 Å². The van der Waals surface area contributed by atoms with Crippen LogP contribution in [-0.2, 0) is 14.4 Å². The van der Waals surface area contributed by atoms with Crippen LogP contribution in [0.15, 0.2) is 10.5 Å². The third kappa shape index (κ3) is 2.64. The summed E-state index contributed by atoms with van der Waals surface area (Å²) in [5.74, 6) is -0.781. The highest BCUT2D eigenvalue weighted by molar-refractivity contribution is 7.13. The Morgan fingerprint density at radius 3 is 2.80 bits per heavy atom. The summed E-state index contributed by atoms with van der Waals surface area (Å²) in [5, 5.41) is 8.45. The topological polar surface area (TPSA) is 107 Å². The fourth-order valence-electron chi connectivity index (χ4n) is 2.10. The summed E-state index contributed by atoms with van der Waals surface area (Å²) in [7, 11) is 1.35. The van der Waals surface area contributed by atoms with Crippen molar-refractivity contribution >= 4 is 33.9 Å². The summed E-state index contributed by atoms with van der Waals surface area (Å²) in [6.07, 6.45) is 0.0679. The number of thiazole rings is 1. The lowest BCUT2D eigenvalue weighted by molar-refractivity contribution is -0.142. The number of hydrogen-bond donors (Lipinski definition) is 2. The number of rotatable bonds is 5. The predicted molar refractivity (Wildman–Crippen MR) is 75.4 cm³/mol. The first-order chi connectivity index (χ1) is 9.35. The molecule has 8 heteroatoms. The lowest BCUT2D eigenvalue weighted by Gasteiger charge is -2.44. The van der Waals surface area contributed by atoms with Crippen LogP contribution in [0.5, 0.6) is 0 Å². The Labute approximate surface area is 120 Å². The number of nitrogens with two attached hydrogens (primary N) is 1. The molecule has 20 heavy (non-hydrogen) atoms. The van der Waals surface area contributed by atoms with E-state index in [4.69, 9.17) is 10.6 Å². The molecule has 1 atom stereocenters. The molecule has 3 N–H and O–H groups in total. The van der Waals surface area contributed by atoms with Gasteiger partial charge >= 0.3 is 0 Å². The molecule has 1 aliphatic heterocycles. The van der Waals surface area contributed by atoms with Crippen LogP contribution < -0.4 is 11.1 Å². The van der Waals surface area contributed by atoms with E-state index in [1.807, 2.05) is 13.8 Å². The minimum Gasteiger partial charge on any atom is -0.398 e. The molecule has 1 fully saturated rings. The van der Waals surface area contributed by atoms with E-state index in [1.165, 1.54) is 18.4 Å². The fourth-order valence-corrected chi connectivity index (χ4v) is 2.65.